The second-order valence-corrected chi connectivity index (χ2v) is 6.14. The van der Waals surface area contributed by atoms with Crippen LogP contribution >= 0.6 is 23.6 Å². The van der Waals surface area contributed by atoms with Crippen LogP contribution in [0.3, 0.4) is 0 Å². The molecular formula is C14H14FN3OS2. The molecule has 7 heteroatoms. The predicted octanol–water partition coefficient (Wildman–Crippen LogP) is 2.46. The summed E-state index contributed by atoms with van der Waals surface area (Å²) in [6, 6.07) is 4.47. The normalized spacial score (nSPS) is 10.4. The van der Waals surface area contributed by atoms with Gasteiger partial charge in [0.15, 0.2) is 0 Å². The van der Waals surface area contributed by atoms with E-state index in [0.717, 1.165) is 5.01 Å². The molecule has 2 rings (SSSR count). The van der Waals surface area contributed by atoms with Gasteiger partial charge in [-0.1, -0.05) is 24.4 Å². The fourth-order valence-corrected chi connectivity index (χ4v) is 2.80. The monoisotopic (exact) mass is 323 g/mol. The first-order valence-corrected chi connectivity index (χ1v) is 7.41. The third-order valence-corrected chi connectivity index (χ3v) is 4.19. The zero-order valence-electron chi connectivity index (χ0n) is 11.6. The van der Waals surface area contributed by atoms with Crippen LogP contribution < -0.4 is 11.1 Å². The minimum Gasteiger partial charge on any atom is -0.389 e. The highest BCUT2D eigenvalue weighted by molar-refractivity contribution is 7.80. The standard InChI is InChI=1S/C14H14FN3OS2/c1-7-12(21-8(2)18-7)14(19)17-6-10-4-3-9(13(16)20)5-11(10)15/h3-5H,6H2,1-2H3,(H2,16,20)(H,17,19). The van der Waals surface area contributed by atoms with Crippen molar-refractivity contribution < 1.29 is 9.18 Å². The van der Waals surface area contributed by atoms with Crippen LogP contribution in [0.4, 0.5) is 4.39 Å². The van der Waals surface area contributed by atoms with Gasteiger partial charge in [-0.25, -0.2) is 9.37 Å². The average molecular weight is 323 g/mol. The Hall–Kier alpha value is -1.86. The number of amides is 1. The second-order valence-electron chi connectivity index (χ2n) is 4.50. The fraction of sp³-hybridized carbons (Fsp3) is 0.214. The number of nitrogens with two attached hydrogens (primary N) is 1. The number of rotatable bonds is 4. The summed E-state index contributed by atoms with van der Waals surface area (Å²) in [5.74, 6) is -0.700. The molecule has 0 radical (unpaired) electrons. The predicted molar refractivity (Wildman–Crippen MR) is 85.0 cm³/mol. The first kappa shape index (κ1) is 15.5. The molecule has 0 unspecified atom stereocenters. The van der Waals surface area contributed by atoms with Gasteiger partial charge in [-0.05, 0) is 19.9 Å². The molecule has 2 aromatic rings. The SMILES string of the molecule is Cc1nc(C)c(C(=O)NCc2ccc(C(N)=S)cc2F)s1. The number of thiocarbonyl (C=S) groups is 1. The highest BCUT2D eigenvalue weighted by Crippen LogP contribution is 2.17. The topological polar surface area (TPSA) is 68.0 Å². The van der Waals surface area contributed by atoms with Gasteiger partial charge in [0, 0.05) is 17.7 Å². The van der Waals surface area contributed by atoms with Crippen molar-refractivity contribution >= 4 is 34.5 Å². The summed E-state index contributed by atoms with van der Waals surface area (Å²) in [6.45, 7) is 3.71. The summed E-state index contributed by atoms with van der Waals surface area (Å²) in [7, 11) is 0. The zero-order chi connectivity index (χ0) is 15.6. The first-order chi connectivity index (χ1) is 9.88. The maximum atomic E-state index is 13.9. The van der Waals surface area contributed by atoms with Crippen molar-refractivity contribution in [1.29, 1.82) is 0 Å². The Labute approximate surface area is 131 Å². The number of carbonyl (C=O) groups excluding carboxylic acids is 1. The number of aromatic nitrogens is 1. The number of carbonyl (C=O) groups is 1. The van der Waals surface area contributed by atoms with Crippen LogP contribution in [0.1, 0.15) is 31.5 Å². The molecule has 0 aliphatic carbocycles. The molecule has 1 heterocycles. The summed E-state index contributed by atoms with van der Waals surface area (Å²) in [5.41, 5.74) is 6.96. The molecule has 0 bridgehead atoms. The van der Waals surface area contributed by atoms with Crippen molar-refractivity contribution in [2.24, 2.45) is 5.73 Å². The average Bonchev–Trinajstić information content (AvgIpc) is 2.75. The summed E-state index contributed by atoms with van der Waals surface area (Å²) >= 11 is 6.11. The summed E-state index contributed by atoms with van der Waals surface area (Å²) in [6.07, 6.45) is 0. The van der Waals surface area contributed by atoms with Crippen LogP contribution in [0.25, 0.3) is 0 Å². The first-order valence-electron chi connectivity index (χ1n) is 6.19. The quantitative estimate of drug-likeness (QED) is 0.848. The molecule has 0 fully saturated rings. The van der Waals surface area contributed by atoms with Gasteiger partial charge in [0.25, 0.3) is 5.91 Å². The van der Waals surface area contributed by atoms with Crippen molar-refractivity contribution in [2.75, 3.05) is 0 Å². The molecule has 3 N–H and O–H groups in total. The van der Waals surface area contributed by atoms with Crippen LogP contribution in [0.5, 0.6) is 0 Å². The Morgan fingerprint density at radius 1 is 1.48 bits per heavy atom. The van der Waals surface area contributed by atoms with Crippen LogP contribution in [0.2, 0.25) is 0 Å². The van der Waals surface area contributed by atoms with Gasteiger partial charge in [0.1, 0.15) is 15.7 Å². The molecule has 21 heavy (non-hydrogen) atoms. The molecule has 1 aromatic carbocycles. The van der Waals surface area contributed by atoms with Gasteiger partial charge >= 0.3 is 0 Å². The van der Waals surface area contributed by atoms with E-state index in [0.29, 0.717) is 21.7 Å². The highest BCUT2D eigenvalue weighted by Gasteiger charge is 2.14. The molecule has 110 valence electrons. The van der Waals surface area contributed by atoms with E-state index in [-0.39, 0.29) is 17.4 Å². The molecular weight excluding hydrogens is 309 g/mol. The molecule has 0 aliphatic heterocycles. The molecule has 0 atom stereocenters. The molecule has 0 aliphatic rings. The van der Waals surface area contributed by atoms with E-state index in [1.165, 1.54) is 17.4 Å². The van der Waals surface area contributed by atoms with E-state index in [4.69, 9.17) is 18.0 Å². The molecule has 0 saturated carbocycles. The third kappa shape index (κ3) is 3.62. The van der Waals surface area contributed by atoms with Crippen molar-refractivity contribution in [3.05, 3.63) is 50.7 Å². The Bertz CT molecular complexity index is 712. The smallest absolute Gasteiger partial charge is 0.263 e. The van der Waals surface area contributed by atoms with E-state index in [2.05, 4.69) is 10.3 Å². The van der Waals surface area contributed by atoms with E-state index < -0.39 is 5.82 Å². The Kier molecular flexibility index (Phi) is 4.64. The van der Waals surface area contributed by atoms with Gasteiger partial charge in [-0.15, -0.1) is 11.3 Å². The lowest BCUT2D eigenvalue weighted by molar-refractivity contribution is 0.0954. The van der Waals surface area contributed by atoms with Crippen molar-refractivity contribution in [3.63, 3.8) is 0 Å². The van der Waals surface area contributed by atoms with Crippen LogP contribution in [-0.4, -0.2) is 15.9 Å². The van der Waals surface area contributed by atoms with E-state index in [1.54, 1.807) is 19.1 Å². The second kappa shape index (κ2) is 6.28. The van der Waals surface area contributed by atoms with E-state index in [9.17, 15) is 9.18 Å². The third-order valence-electron chi connectivity index (χ3n) is 2.89. The zero-order valence-corrected chi connectivity index (χ0v) is 13.2. The maximum absolute atomic E-state index is 13.9. The molecule has 1 amide bonds. The number of hydrogen-bond acceptors (Lipinski definition) is 4. The number of hydrogen-bond donors (Lipinski definition) is 2. The van der Waals surface area contributed by atoms with E-state index in [1.807, 2.05) is 6.92 Å². The summed E-state index contributed by atoms with van der Waals surface area (Å²) < 4.78 is 13.9. The van der Waals surface area contributed by atoms with Crippen molar-refractivity contribution in [1.82, 2.24) is 10.3 Å². The summed E-state index contributed by atoms with van der Waals surface area (Å²) in [5, 5.41) is 3.51. The lowest BCUT2D eigenvalue weighted by atomic mass is 10.1. The number of halogens is 1. The van der Waals surface area contributed by atoms with E-state index >= 15 is 0 Å². The van der Waals surface area contributed by atoms with Crippen LogP contribution in [0, 0.1) is 19.7 Å². The number of nitrogens with one attached hydrogen (secondary N) is 1. The fourth-order valence-electron chi connectivity index (χ4n) is 1.84. The molecule has 0 spiro atoms. The Morgan fingerprint density at radius 3 is 2.71 bits per heavy atom. The van der Waals surface area contributed by atoms with Crippen molar-refractivity contribution in [3.8, 4) is 0 Å². The molecule has 4 nitrogen and oxygen atoms in total. The van der Waals surface area contributed by atoms with Gasteiger partial charge < -0.3 is 11.1 Å². The number of benzene rings is 1. The van der Waals surface area contributed by atoms with Crippen LogP contribution in [-0.2, 0) is 6.54 Å². The lowest BCUT2D eigenvalue weighted by Crippen LogP contribution is -2.23. The van der Waals surface area contributed by atoms with Gasteiger partial charge in [-0.3, -0.25) is 4.79 Å². The van der Waals surface area contributed by atoms with Gasteiger partial charge in [0.05, 0.1) is 10.7 Å². The van der Waals surface area contributed by atoms with Gasteiger partial charge in [-0.2, -0.15) is 0 Å². The number of aryl methyl sites for hydroxylation is 2. The minimum atomic E-state index is -0.446. The summed E-state index contributed by atoms with van der Waals surface area (Å²) in [4.78, 5) is 16.9. The largest absolute Gasteiger partial charge is 0.389 e. The minimum absolute atomic E-state index is 0.0959. The number of thiazole rings is 1. The van der Waals surface area contributed by atoms with Crippen LogP contribution in [0.15, 0.2) is 18.2 Å². The maximum Gasteiger partial charge on any atom is 0.263 e. The highest BCUT2D eigenvalue weighted by atomic mass is 32.1. The van der Waals surface area contributed by atoms with Gasteiger partial charge in [0.2, 0.25) is 0 Å². The Balaban J connectivity index is 2.08. The Morgan fingerprint density at radius 2 is 2.19 bits per heavy atom. The molecule has 1 aromatic heterocycles. The molecule has 0 saturated heterocycles. The number of nitrogens with zero attached hydrogens (tertiary/aromatic N) is 1. The van der Waals surface area contributed by atoms with Crippen molar-refractivity contribution in [2.45, 2.75) is 20.4 Å². The lowest BCUT2D eigenvalue weighted by Gasteiger charge is -2.07.